The number of ether oxygens (including phenoxy) is 1. The van der Waals surface area contributed by atoms with E-state index in [0.717, 1.165) is 16.1 Å². The maximum atomic E-state index is 12.2. The van der Waals surface area contributed by atoms with Gasteiger partial charge in [0.2, 0.25) is 17.7 Å². The predicted molar refractivity (Wildman–Crippen MR) is 114 cm³/mol. The van der Waals surface area contributed by atoms with Gasteiger partial charge in [-0.2, -0.15) is 0 Å². The number of carbonyl (C=O) groups excluding carboxylic acids is 3. The van der Waals surface area contributed by atoms with Crippen LogP contribution in [0, 0.1) is 6.92 Å². The van der Waals surface area contributed by atoms with Crippen molar-refractivity contribution in [2.75, 3.05) is 36.2 Å². The first-order valence-corrected chi connectivity index (χ1v) is 10.2. The van der Waals surface area contributed by atoms with Crippen molar-refractivity contribution in [1.82, 2.24) is 5.32 Å². The number of nitrogens with one attached hydrogen (secondary N) is 2. The third-order valence-corrected chi connectivity index (χ3v) is 5.49. The molecule has 3 rings (SSSR count). The summed E-state index contributed by atoms with van der Waals surface area (Å²) in [7, 11) is 1.53. The molecule has 0 saturated carbocycles. The molecule has 0 fully saturated rings. The largest absolute Gasteiger partial charge is 0.495 e. The van der Waals surface area contributed by atoms with Gasteiger partial charge in [-0.15, -0.1) is 11.8 Å². The first-order chi connectivity index (χ1) is 14.0. The fourth-order valence-electron chi connectivity index (χ4n) is 2.99. The molecule has 1 heterocycles. The average Bonchev–Trinajstić information content (AvgIpc) is 2.71. The summed E-state index contributed by atoms with van der Waals surface area (Å²) in [6, 6.07) is 13.1. The Bertz CT molecular complexity index is 932. The van der Waals surface area contributed by atoms with Crippen LogP contribution in [0.4, 0.5) is 11.4 Å². The number of carbonyl (C=O) groups is 3. The van der Waals surface area contributed by atoms with E-state index in [0.29, 0.717) is 17.2 Å². The maximum absolute atomic E-state index is 12.2. The van der Waals surface area contributed by atoms with Gasteiger partial charge in [-0.3, -0.25) is 14.4 Å². The van der Waals surface area contributed by atoms with Crippen molar-refractivity contribution in [1.29, 1.82) is 0 Å². The number of benzene rings is 2. The number of hydrogen-bond acceptors (Lipinski definition) is 5. The summed E-state index contributed by atoms with van der Waals surface area (Å²) in [5.41, 5.74) is 2.36. The molecule has 0 unspecified atom stereocenters. The second-order valence-electron chi connectivity index (χ2n) is 6.58. The summed E-state index contributed by atoms with van der Waals surface area (Å²) < 4.78 is 5.23. The monoisotopic (exact) mass is 413 g/mol. The van der Waals surface area contributed by atoms with E-state index in [1.54, 1.807) is 17.0 Å². The Balaban J connectivity index is 1.50. The van der Waals surface area contributed by atoms with Crippen LogP contribution in [0.5, 0.6) is 5.75 Å². The topological polar surface area (TPSA) is 87.7 Å². The molecule has 2 aromatic rings. The Morgan fingerprint density at radius 3 is 2.76 bits per heavy atom. The molecule has 0 aromatic heterocycles. The summed E-state index contributed by atoms with van der Waals surface area (Å²) in [5, 5.41) is 5.34. The van der Waals surface area contributed by atoms with E-state index in [2.05, 4.69) is 10.6 Å². The van der Waals surface area contributed by atoms with E-state index >= 15 is 0 Å². The van der Waals surface area contributed by atoms with Crippen LogP contribution in [-0.2, 0) is 14.4 Å². The quantitative estimate of drug-likeness (QED) is 0.729. The van der Waals surface area contributed by atoms with Gasteiger partial charge in [0.15, 0.2) is 0 Å². The molecule has 1 aliphatic rings. The Hall–Kier alpha value is -3.00. The van der Waals surface area contributed by atoms with E-state index in [4.69, 9.17) is 4.74 Å². The molecule has 2 aromatic carbocycles. The number of anilines is 2. The number of hydrogen-bond donors (Lipinski definition) is 2. The molecule has 0 spiro atoms. The third kappa shape index (κ3) is 5.29. The predicted octanol–water partition coefficient (Wildman–Crippen LogP) is 2.59. The third-order valence-electron chi connectivity index (χ3n) is 4.45. The number of fused-ring (bicyclic) bond motifs is 1. The van der Waals surface area contributed by atoms with E-state index in [-0.39, 0.29) is 37.2 Å². The first kappa shape index (κ1) is 20.7. The van der Waals surface area contributed by atoms with E-state index in [1.807, 2.05) is 37.3 Å². The molecule has 7 nitrogen and oxygen atoms in total. The van der Waals surface area contributed by atoms with Crippen molar-refractivity contribution < 1.29 is 19.1 Å². The average molecular weight is 413 g/mol. The standard InChI is InChI=1S/C21H23N3O4S/c1-14-7-8-17(28-2)15(11-14)23-20(26)12-22-19(25)9-10-24-16-5-3-4-6-18(16)29-13-21(24)27/h3-8,11H,9-10,12-13H2,1-2H3,(H,22,25)(H,23,26). The lowest BCUT2D eigenvalue weighted by Gasteiger charge is -2.28. The first-order valence-electron chi connectivity index (χ1n) is 9.21. The maximum Gasteiger partial charge on any atom is 0.243 e. The minimum atomic E-state index is -0.349. The van der Waals surface area contributed by atoms with Crippen molar-refractivity contribution in [3.05, 3.63) is 48.0 Å². The molecular formula is C21H23N3O4S. The van der Waals surface area contributed by atoms with Crippen LogP contribution in [-0.4, -0.2) is 43.7 Å². The van der Waals surface area contributed by atoms with Gasteiger partial charge in [-0.05, 0) is 36.8 Å². The van der Waals surface area contributed by atoms with Gasteiger partial charge in [0.1, 0.15) is 5.75 Å². The van der Waals surface area contributed by atoms with Crippen LogP contribution < -0.4 is 20.3 Å². The van der Waals surface area contributed by atoms with Crippen LogP contribution in [0.3, 0.4) is 0 Å². The Labute approximate surface area is 173 Å². The number of amides is 3. The van der Waals surface area contributed by atoms with E-state index in [9.17, 15) is 14.4 Å². The zero-order valence-electron chi connectivity index (χ0n) is 16.4. The summed E-state index contributed by atoms with van der Waals surface area (Å²) >= 11 is 1.50. The highest BCUT2D eigenvalue weighted by atomic mass is 32.2. The van der Waals surface area contributed by atoms with Gasteiger partial charge in [-0.25, -0.2) is 0 Å². The van der Waals surface area contributed by atoms with Gasteiger partial charge < -0.3 is 20.3 Å². The molecule has 2 N–H and O–H groups in total. The molecule has 0 aliphatic carbocycles. The minimum absolute atomic E-state index is 0.0224. The minimum Gasteiger partial charge on any atom is -0.495 e. The van der Waals surface area contributed by atoms with Gasteiger partial charge >= 0.3 is 0 Å². The van der Waals surface area contributed by atoms with Crippen LogP contribution in [0.25, 0.3) is 0 Å². The van der Waals surface area contributed by atoms with Gasteiger partial charge in [0, 0.05) is 17.9 Å². The summed E-state index contributed by atoms with van der Waals surface area (Å²) in [6.45, 7) is 2.03. The molecule has 8 heteroatoms. The lowest BCUT2D eigenvalue weighted by molar-refractivity contribution is -0.124. The number of rotatable bonds is 7. The zero-order chi connectivity index (χ0) is 20.8. The van der Waals surface area contributed by atoms with Crippen LogP contribution in [0.1, 0.15) is 12.0 Å². The van der Waals surface area contributed by atoms with Gasteiger partial charge in [0.25, 0.3) is 0 Å². The van der Waals surface area contributed by atoms with Crippen molar-refractivity contribution >= 4 is 40.9 Å². The van der Waals surface area contributed by atoms with Gasteiger partial charge in [-0.1, -0.05) is 18.2 Å². The summed E-state index contributed by atoms with van der Waals surface area (Å²) in [6.07, 6.45) is 0.117. The second-order valence-corrected chi connectivity index (χ2v) is 7.60. The number of nitrogens with zero attached hydrogens (tertiary/aromatic N) is 1. The Morgan fingerprint density at radius 2 is 1.97 bits per heavy atom. The number of thioether (sulfide) groups is 1. The van der Waals surface area contributed by atoms with Crippen molar-refractivity contribution in [3.63, 3.8) is 0 Å². The van der Waals surface area contributed by atoms with Crippen LogP contribution >= 0.6 is 11.8 Å². The van der Waals surface area contributed by atoms with Crippen molar-refractivity contribution in [2.24, 2.45) is 0 Å². The molecule has 0 radical (unpaired) electrons. The van der Waals surface area contributed by atoms with Crippen molar-refractivity contribution in [3.8, 4) is 5.75 Å². The fourth-order valence-corrected chi connectivity index (χ4v) is 3.93. The zero-order valence-corrected chi connectivity index (χ0v) is 17.2. The second kappa shape index (κ2) is 9.47. The van der Waals surface area contributed by atoms with Crippen LogP contribution in [0.2, 0.25) is 0 Å². The molecule has 0 bridgehead atoms. The number of para-hydroxylation sites is 1. The highest BCUT2D eigenvalue weighted by molar-refractivity contribution is 8.00. The van der Waals surface area contributed by atoms with E-state index in [1.165, 1.54) is 18.9 Å². The molecule has 152 valence electrons. The Kier molecular flexibility index (Phi) is 6.77. The number of aryl methyl sites for hydroxylation is 1. The lowest BCUT2D eigenvalue weighted by atomic mass is 10.2. The lowest BCUT2D eigenvalue weighted by Crippen LogP contribution is -2.39. The summed E-state index contributed by atoms with van der Waals surface area (Å²) in [4.78, 5) is 39.2. The molecular weight excluding hydrogens is 390 g/mol. The van der Waals surface area contributed by atoms with Crippen LogP contribution in [0.15, 0.2) is 47.4 Å². The Morgan fingerprint density at radius 1 is 1.17 bits per heavy atom. The smallest absolute Gasteiger partial charge is 0.243 e. The molecule has 1 aliphatic heterocycles. The molecule has 3 amide bonds. The highest BCUT2D eigenvalue weighted by Gasteiger charge is 2.24. The fraction of sp³-hybridized carbons (Fsp3) is 0.286. The van der Waals surface area contributed by atoms with Crippen molar-refractivity contribution in [2.45, 2.75) is 18.2 Å². The molecule has 29 heavy (non-hydrogen) atoms. The molecule has 0 atom stereocenters. The van der Waals surface area contributed by atoms with Gasteiger partial charge in [0.05, 0.1) is 30.8 Å². The normalized spacial score (nSPS) is 12.9. The SMILES string of the molecule is COc1ccc(C)cc1NC(=O)CNC(=O)CCN1C(=O)CSc2ccccc21. The van der Waals surface area contributed by atoms with E-state index < -0.39 is 0 Å². The number of methoxy groups -OCH3 is 1. The summed E-state index contributed by atoms with van der Waals surface area (Å²) in [5.74, 6) is 0.249. The highest BCUT2D eigenvalue weighted by Crippen LogP contribution is 2.34. The molecule has 0 saturated heterocycles.